The SMILES string of the molecule is CC1CCN(C(=O)CC2CCOCC2)C(CN)C1.Cl. The maximum atomic E-state index is 12.4. The van der Waals surface area contributed by atoms with Crippen molar-refractivity contribution in [3.8, 4) is 0 Å². The second-order valence-corrected chi connectivity index (χ2v) is 5.87. The van der Waals surface area contributed by atoms with Crippen LogP contribution in [-0.4, -0.2) is 43.2 Å². The molecule has 4 nitrogen and oxygen atoms in total. The Labute approximate surface area is 122 Å². The van der Waals surface area contributed by atoms with Crippen molar-refractivity contribution in [2.45, 2.75) is 45.1 Å². The fraction of sp³-hybridized carbons (Fsp3) is 0.929. The van der Waals surface area contributed by atoms with Gasteiger partial charge in [-0.15, -0.1) is 12.4 Å². The number of nitrogens with zero attached hydrogens (tertiary/aromatic N) is 1. The molecule has 2 aliphatic heterocycles. The Balaban J connectivity index is 0.00000180. The normalized spacial score (nSPS) is 28.8. The fourth-order valence-electron chi connectivity index (χ4n) is 3.12. The number of carbonyl (C=O) groups excluding carboxylic acids is 1. The highest BCUT2D eigenvalue weighted by atomic mass is 35.5. The highest BCUT2D eigenvalue weighted by molar-refractivity contribution is 5.85. The van der Waals surface area contributed by atoms with Gasteiger partial charge in [0.25, 0.3) is 0 Å². The molecular weight excluding hydrogens is 264 g/mol. The van der Waals surface area contributed by atoms with E-state index in [0.29, 0.717) is 30.7 Å². The van der Waals surface area contributed by atoms with Gasteiger partial charge < -0.3 is 15.4 Å². The zero-order chi connectivity index (χ0) is 13.0. The van der Waals surface area contributed by atoms with Gasteiger partial charge in [0.05, 0.1) is 0 Å². The first-order chi connectivity index (χ1) is 8.70. The summed E-state index contributed by atoms with van der Waals surface area (Å²) in [6, 6.07) is 0.265. The van der Waals surface area contributed by atoms with Gasteiger partial charge in [0.1, 0.15) is 0 Å². The molecule has 19 heavy (non-hydrogen) atoms. The Kier molecular flexibility index (Phi) is 7.11. The van der Waals surface area contributed by atoms with Crippen LogP contribution in [0.3, 0.4) is 0 Å². The molecule has 0 aromatic carbocycles. The second kappa shape index (κ2) is 8.08. The van der Waals surface area contributed by atoms with Crippen LogP contribution in [0.15, 0.2) is 0 Å². The average molecular weight is 291 g/mol. The van der Waals surface area contributed by atoms with E-state index in [1.165, 1.54) is 0 Å². The lowest BCUT2D eigenvalue weighted by molar-refractivity contribution is -0.137. The Hall–Kier alpha value is -0.320. The van der Waals surface area contributed by atoms with Crippen molar-refractivity contribution >= 4 is 18.3 Å². The molecule has 2 aliphatic rings. The minimum Gasteiger partial charge on any atom is -0.381 e. The fourth-order valence-corrected chi connectivity index (χ4v) is 3.12. The molecule has 0 saturated carbocycles. The number of amides is 1. The van der Waals surface area contributed by atoms with E-state index in [0.717, 1.165) is 45.4 Å². The van der Waals surface area contributed by atoms with E-state index >= 15 is 0 Å². The highest BCUT2D eigenvalue weighted by Gasteiger charge is 2.30. The number of ether oxygens (including phenoxy) is 1. The van der Waals surface area contributed by atoms with Crippen LogP contribution in [0.5, 0.6) is 0 Å². The van der Waals surface area contributed by atoms with E-state index in [1.54, 1.807) is 0 Å². The summed E-state index contributed by atoms with van der Waals surface area (Å²) < 4.78 is 5.34. The number of likely N-dealkylation sites (tertiary alicyclic amines) is 1. The Morgan fingerprint density at radius 3 is 2.63 bits per heavy atom. The molecule has 2 rings (SSSR count). The molecule has 1 amide bonds. The van der Waals surface area contributed by atoms with Crippen molar-refractivity contribution < 1.29 is 9.53 Å². The zero-order valence-electron chi connectivity index (χ0n) is 11.8. The summed E-state index contributed by atoms with van der Waals surface area (Å²) in [6.45, 7) is 5.38. The lowest BCUT2D eigenvalue weighted by atomic mass is 9.90. The van der Waals surface area contributed by atoms with Gasteiger partial charge in [-0.2, -0.15) is 0 Å². The number of halogens is 1. The van der Waals surface area contributed by atoms with Gasteiger partial charge in [0.15, 0.2) is 0 Å². The van der Waals surface area contributed by atoms with Crippen LogP contribution in [0.2, 0.25) is 0 Å². The van der Waals surface area contributed by atoms with Crippen LogP contribution in [0.4, 0.5) is 0 Å². The zero-order valence-corrected chi connectivity index (χ0v) is 12.7. The predicted molar refractivity (Wildman–Crippen MR) is 78.4 cm³/mol. The number of hydrogen-bond acceptors (Lipinski definition) is 3. The van der Waals surface area contributed by atoms with Crippen LogP contribution in [0.1, 0.15) is 39.0 Å². The summed E-state index contributed by atoms with van der Waals surface area (Å²) in [5.41, 5.74) is 5.81. The average Bonchev–Trinajstić information content (AvgIpc) is 2.39. The van der Waals surface area contributed by atoms with E-state index in [9.17, 15) is 4.79 Å². The first-order valence-corrected chi connectivity index (χ1v) is 7.28. The largest absolute Gasteiger partial charge is 0.381 e. The Bertz CT molecular complexity index is 283. The van der Waals surface area contributed by atoms with E-state index in [4.69, 9.17) is 10.5 Å². The summed E-state index contributed by atoms with van der Waals surface area (Å²) in [5, 5.41) is 0. The third-order valence-electron chi connectivity index (χ3n) is 4.37. The monoisotopic (exact) mass is 290 g/mol. The molecule has 2 unspecified atom stereocenters. The second-order valence-electron chi connectivity index (χ2n) is 5.87. The summed E-state index contributed by atoms with van der Waals surface area (Å²) in [6.07, 6.45) is 4.94. The minimum absolute atomic E-state index is 0. The summed E-state index contributed by atoms with van der Waals surface area (Å²) in [4.78, 5) is 14.4. The number of nitrogens with two attached hydrogens (primary N) is 1. The standard InChI is InChI=1S/C14H26N2O2.ClH/c1-11-2-5-16(13(8-11)10-15)14(17)9-12-3-6-18-7-4-12;/h11-13H,2-10,15H2,1H3;1H. The molecule has 2 atom stereocenters. The van der Waals surface area contributed by atoms with E-state index in [2.05, 4.69) is 6.92 Å². The molecule has 5 heteroatoms. The molecule has 0 radical (unpaired) electrons. The maximum absolute atomic E-state index is 12.4. The summed E-state index contributed by atoms with van der Waals surface area (Å²) in [5.74, 6) is 1.53. The molecule has 2 heterocycles. The molecule has 2 saturated heterocycles. The number of piperidine rings is 1. The lowest BCUT2D eigenvalue weighted by Gasteiger charge is -2.39. The molecule has 112 valence electrons. The molecule has 0 spiro atoms. The first kappa shape index (κ1) is 16.7. The quantitative estimate of drug-likeness (QED) is 0.862. The van der Waals surface area contributed by atoms with Crippen LogP contribution >= 0.6 is 12.4 Å². The third kappa shape index (κ3) is 4.62. The maximum Gasteiger partial charge on any atom is 0.223 e. The molecule has 0 aliphatic carbocycles. The van der Waals surface area contributed by atoms with Gasteiger partial charge in [-0.1, -0.05) is 6.92 Å². The highest BCUT2D eigenvalue weighted by Crippen LogP contribution is 2.25. The molecule has 0 aromatic rings. The Morgan fingerprint density at radius 2 is 2.00 bits per heavy atom. The Morgan fingerprint density at radius 1 is 1.32 bits per heavy atom. The van der Waals surface area contributed by atoms with Crippen molar-refractivity contribution in [3.63, 3.8) is 0 Å². The van der Waals surface area contributed by atoms with Crippen LogP contribution < -0.4 is 5.73 Å². The molecule has 2 fully saturated rings. The van der Waals surface area contributed by atoms with Gasteiger partial charge in [0.2, 0.25) is 5.91 Å². The van der Waals surface area contributed by atoms with Gasteiger partial charge in [-0.3, -0.25) is 4.79 Å². The topological polar surface area (TPSA) is 55.6 Å². The van der Waals surface area contributed by atoms with Crippen LogP contribution in [0, 0.1) is 11.8 Å². The van der Waals surface area contributed by atoms with E-state index in [-0.39, 0.29) is 18.4 Å². The van der Waals surface area contributed by atoms with Gasteiger partial charge >= 0.3 is 0 Å². The van der Waals surface area contributed by atoms with E-state index in [1.807, 2.05) is 4.90 Å². The van der Waals surface area contributed by atoms with Gasteiger partial charge in [0, 0.05) is 38.8 Å². The number of hydrogen-bond donors (Lipinski definition) is 1. The summed E-state index contributed by atoms with van der Waals surface area (Å²) >= 11 is 0. The van der Waals surface area contributed by atoms with E-state index < -0.39 is 0 Å². The van der Waals surface area contributed by atoms with Gasteiger partial charge in [-0.25, -0.2) is 0 Å². The molecule has 0 bridgehead atoms. The van der Waals surface area contributed by atoms with Crippen molar-refractivity contribution in [1.82, 2.24) is 4.90 Å². The molecule has 0 aromatic heterocycles. The van der Waals surface area contributed by atoms with Crippen molar-refractivity contribution in [2.75, 3.05) is 26.3 Å². The first-order valence-electron chi connectivity index (χ1n) is 7.28. The summed E-state index contributed by atoms with van der Waals surface area (Å²) in [7, 11) is 0. The number of rotatable bonds is 3. The van der Waals surface area contributed by atoms with Gasteiger partial charge in [-0.05, 0) is 37.5 Å². The molecule has 2 N–H and O–H groups in total. The van der Waals surface area contributed by atoms with Crippen LogP contribution in [0.25, 0.3) is 0 Å². The van der Waals surface area contributed by atoms with Crippen molar-refractivity contribution in [2.24, 2.45) is 17.6 Å². The van der Waals surface area contributed by atoms with Crippen LogP contribution in [-0.2, 0) is 9.53 Å². The lowest BCUT2D eigenvalue weighted by Crippen LogP contribution is -2.49. The smallest absolute Gasteiger partial charge is 0.223 e. The number of carbonyl (C=O) groups is 1. The minimum atomic E-state index is 0. The van der Waals surface area contributed by atoms with Crippen molar-refractivity contribution in [3.05, 3.63) is 0 Å². The molecular formula is C14H27ClN2O2. The predicted octanol–water partition coefficient (Wildman–Crippen LogP) is 1.81. The van der Waals surface area contributed by atoms with Crippen molar-refractivity contribution in [1.29, 1.82) is 0 Å². The third-order valence-corrected chi connectivity index (χ3v) is 4.37.